The molecule has 0 N–H and O–H groups in total. The summed E-state index contributed by atoms with van der Waals surface area (Å²) in [6.07, 6.45) is 3.23. The fourth-order valence-electron chi connectivity index (χ4n) is 1.49. The summed E-state index contributed by atoms with van der Waals surface area (Å²) in [6, 6.07) is 9.48. The van der Waals surface area contributed by atoms with Crippen molar-refractivity contribution in [2.75, 3.05) is 0 Å². The van der Waals surface area contributed by atoms with Crippen molar-refractivity contribution in [1.29, 1.82) is 5.26 Å². The normalized spacial score (nSPS) is 9.63. The Morgan fingerprint density at radius 1 is 1.32 bits per heavy atom. The van der Waals surface area contributed by atoms with Gasteiger partial charge in [0, 0.05) is 18.5 Å². The number of benzene rings is 1. The van der Waals surface area contributed by atoms with Gasteiger partial charge in [0.1, 0.15) is 6.61 Å². The maximum atomic E-state index is 10.9. The van der Waals surface area contributed by atoms with Gasteiger partial charge in [-0.1, -0.05) is 0 Å². The molecule has 6 heteroatoms. The first-order valence-electron chi connectivity index (χ1n) is 5.41. The molecule has 19 heavy (non-hydrogen) atoms. The Morgan fingerprint density at radius 3 is 2.68 bits per heavy atom. The average Bonchev–Trinajstić information content (AvgIpc) is 2.46. The van der Waals surface area contributed by atoms with Crippen LogP contribution in [0.3, 0.4) is 0 Å². The van der Waals surface area contributed by atoms with Crippen LogP contribution in [0.25, 0.3) is 0 Å². The van der Waals surface area contributed by atoms with Crippen LogP contribution in [0.1, 0.15) is 11.1 Å². The van der Waals surface area contributed by atoms with Crippen LogP contribution in [0.15, 0.2) is 42.7 Å². The number of nitriles is 1. The summed E-state index contributed by atoms with van der Waals surface area (Å²) in [4.78, 5) is 14.2. The van der Waals surface area contributed by atoms with Crippen LogP contribution in [0.5, 0.6) is 5.75 Å². The number of aromatic nitrogens is 1. The van der Waals surface area contributed by atoms with E-state index in [1.165, 1.54) is 18.2 Å². The van der Waals surface area contributed by atoms with Crippen molar-refractivity contribution in [1.82, 2.24) is 4.98 Å². The zero-order valence-corrected chi connectivity index (χ0v) is 9.81. The molecule has 0 bridgehead atoms. The first-order valence-corrected chi connectivity index (χ1v) is 5.41. The molecule has 0 amide bonds. The molecule has 94 valence electrons. The van der Waals surface area contributed by atoms with Crippen molar-refractivity contribution in [3.63, 3.8) is 0 Å². The Balaban J connectivity index is 2.21. The van der Waals surface area contributed by atoms with Crippen LogP contribution in [0.2, 0.25) is 0 Å². The highest BCUT2D eigenvalue weighted by atomic mass is 16.6. The van der Waals surface area contributed by atoms with Crippen LogP contribution < -0.4 is 4.74 Å². The number of hydrogen-bond donors (Lipinski definition) is 0. The molecule has 0 aliphatic rings. The number of nitro benzene ring substituents is 1. The van der Waals surface area contributed by atoms with E-state index < -0.39 is 4.92 Å². The second kappa shape index (κ2) is 5.60. The highest BCUT2D eigenvalue weighted by Crippen LogP contribution is 2.28. The van der Waals surface area contributed by atoms with E-state index in [2.05, 4.69) is 4.98 Å². The van der Waals surface area contributed by atoms with Crippen LogP contribution in [-0.4, -0.2) is 9.91 Å². The molecular formula is C13H9N3O3. The van der Waals surface area contributed by atoms with Gasteiger partial charge in [0.2, 0.25) is 0 Å². The Labute approximate surface area is 109 Å². The predicted octanol–water partition coefficient (Wildman–Crippen LogP) is 2.44. The lowest BCUT2D eigenvalue weighted by Crippen LogP contribution is -1.99. The summed E-state index contributed by atoms with van der Waals surface area (Å²) in [7, 11) is 0. The van der Waals surface area contributed by atoms with Gasteiger partial charge in [0.25, 0.3) is 0 Å². The number of rotatable bonds is 4. The smallest absolute Gasteiger partial charge is 0.312 e. The molecule has 0 spiro atoms. The van der Waals surface area contributed by atoms with E-state index in [1.54, 1.807) is 24.5 Å². The van der Waals surface area contributed by atoms with Gasteiger partial charge >= 0.3 is 5.69 Å². The highest BCUT2D eigenvalue weighted by molar-refractivity contribution is 5.51. The SMILES string of the molecule is N#Cc1ccc(OCc2ccncc2)c([N+](=O)[O-])c1. The first kappa shape index (κ1) is 12.5. The van der Waals surface area contributed by atoms with Crippen molar-refractivity contribution in [3.05, 3.63) is 64.0 Å². The third-order valence-corrected chi connectivity index (χ3v) is 2.43. The summed E-state index contributed by atoms with van der Waals surface area (Å²) in [5, 5.41) is 19.6. The lowest BCUT2D eigenvalue weighted by Gasteiger charge is -2.06. The Bertz CT molecular complexity index is 635. The summed E-state index contributed by atoms with van der Waals surface area (Å²) in [6.45, 7) is 0.204. The molecule has 0 saturated heterocycles. The van der Waals surface area contributed by atoms with Crippen molar-refractivity contribution in [2.45, 2.75) is 6.61 Å². The van der Waals surface area contributed by atoms with E-state index in [4.69, 9.17) is 10.00 Å². The second-order valence-corrected chi connectivity index (χ2v) is 3.70. The molecule has 0 aliphatic carbocycles. The van der Waals surface area contributed by atoms with E-state index in [1.807, 2.05) is 6.07 Å². The largest absolute Gasteiger partial charge is 0.482 e. The molecule has 1 aromatic carbocycles. The zero-order valence-electron chi connectivity index (χ0n) is 9.81. The maximum Gasteiger partial charge on any atom is 0.312 e. The molecule has 0 radical (unpaired) electrons. The number of pyridine rings is 1. The molecular weight excluding hydrogens is 246 g/mol. The molecule has 0 saturated carbocycles. The summed E-state index contributed by atoms with van der Waals surface area (Å²) >= 11 is 0. The van der Waals surface area contributed by atoms with Crippen LogP contribution in [-0.2, 0) is 6.61 Å². The quantitative estimate of drug-likeness (QED) is 0.618. The molecule has 0 atom stereocenters. The monoisotopic (exact) mass is 255 g/mol. The van der Waals surface area contributed by atoms with Crippen molar-refractivity contribution >= 4 is 5.69 Å². The minimum absolute atomic E-state index is 0.140. The van der Waals surface area contributed by atoms with E-state index in [9.17, 15) is 10.1 Å². The summed E-state index contributed by atoms with van der Waals surface area (Å²) in [5.41, 5.74) is 0.865. The first-order chi connectivity index (χ1) is 9.20. The predicted molar refractivity (Wildman–Crippen MR) is 66.4 cm³/mol. The van der Waals surface area contributed by atoms with Gasteiger partial charge in [0.05, 0.1) is 16.6 Å². The van der Waals surface area contributed by atoms with E-state index in [-0.39, 0.29) is 23.6 Å². The van der Waals surface area contributed by atoms with Crippen LogP contribution >= 0.6 is 0 Å². The van der Waals surface area contributed by atoms with Crippen LogP contribution in [0.4, 0.5) is 5.69 Å². The molecule has 0 fully saturated rings. The number of nitrogens with zero attached hydrogens (tertiary/aromatic N) is 3. The number of ether oxygens (including phenoxy) is 1. The number of hydrogen-bond acceptors (Lipinski definition) is 5. The third kappa shape index (κ3) is 3.04. The molecule has 2 aromatic rings. The second-order valence-electron chi connectivity index (χ2n) is 3.70. The fourth-order valence-corrected chi connectivity index (χ4v) is 1.49. The fraction of sp³-hybridized carbons (Fsp3) is 0.0769. The lowest BCUT2D eigenvalue weighted by molar-refractivity contribution is -0.386. The molecule has 1 aromatic heterocycles. The van der Waals surface area contributed by atoms with E-state index in [0.29, 0.717) is 0 Å². The molecule has 2 rings (SSSR count). The van der Waals surface area contributed by atoms with E-state index in [0.717, 1.165) is 5.56 Å². The Morgan fingerprint density at radius 2 is 2.05 bits per heavy atom. The van der Waals surface area contributed by atoms with Gasteiger partial charge in [0.15, 0.2) is 5.75 Å². The number of nitro groups is 1. The Hall–Kier alpha value is -2.94. The lowest BCUT2D eigenvalue weighted by atomic mass is 10.2. The molecule has 0 unspecified atom stereocenters. The maximum absolute atomic E-state index is 10.9. The van der Waals surface area contributed by atoms with Gasteiger partial charge in [-0.2, -0.15) is 5.26 Å². The van der Waals surface area contributed by atoms with Crippen LogP contribution in [0, 0.1) is 21.4 Å². The third-order valence-electron chi connectivity index (χ3n) is 2.43. The van der Waals surface area contributed by atoms with Gasteiger partial charge < -0.3 is 4.74 Å². The highest BCUT2D eigenvalue weighted by Gasteiger charge is 2.16. The summed E-state index contributed by atoms with van der Waals surface area (Å²) < 4.78 is 5.41. The molecule has 0 aliphatic heterocycles. The van der Waals surface area contributed by atoms with E-state index >= 15 is 0 Å². The summed E-state index contributed by atoms with van der Waals surface area (Å²) in [5.74, 6) is 0.140. The van der Waals surface area contributed by atoms with Gasteiger partial charge in [-0.15, -0.1) is 0 Å². The van der Waals surface area contributed by atoms with Crippen molar-refractivity contribution in [2.24, 2.45) is 0 Å². The standard InChI is InChI=1S/C13H9N3O3/c14-8-11-1-2-13(12(7-11)16(17)18)19-9-10-3-5-15-6-4-10/h1-7H,9H2. The van der Waals surface area contributed by atoms with Gasteiger partial charge in [-0.25, -0.2) is 0 Å². The topological polar surface area (TPSA) is 89.0 Å². The van der Waals surface area contributed by atoms with Crippen molar-refractivity contribution in [3.8, 4) is 11.8 Å². The minimum Gasteiger partial charge on any atom is -0.482 e. The molecule has 6 nitrogen and oxygen atoms in total. The molecule has 1 heterocycles. The minimum atomic E-state index is -0.567. The Kier molecular flexibility index (Phi) is 3.69. The van der Waals surface area contributed by atoms with Gasteiger partial charge in [-0.3, -0.25) is 15.1 Å². The van der Waals surface area contributed by atoms with Gasteiger partial charge in [-0.05, 0) is 29.8 Å². The van der Waals surface area contributed by atoms with Crippen molar-refractivity contribution < 1.29 is 9.66 Å². The average molecular weight is 255 g/mol. The zero-order chi connectivity index (χ0) is 13.7.